The van der Waals surface area contributed by atoms with E-state index in [1.165, 1.54) is 6.42 Å². The van der Waals surface area contributed by atoms with Crippen LogP contribution in [0.5, 0.6) is 5.75 Å². The van der Waals surface area contributed by atoms with E-state index in [-0.39, 0.29) is 12.1 Å². The maximum atomic E-state index is 5.83. The number of ether oxygens (including phenoxy) is 1. The van der Waals surface area contributed by atoms with Crippen LogP contribution in [0, 0.1) is 0 Å². The van der Waals surface area contributed by atoms with E-state index in [1.54, 1.807) is 0 Å². The van der Waals surface area contributed by atoms with Gasteiger partial charge in [-0.2, -0.15) is 11.8 Å². The molecule has 0 spiro atoms. The molecule has 0 amide bonds. The van der Waals surface area contributed by atoms with Gasteiger partial charge in [-0.25, -0.2) is 0 Å². The number of para-hydroxylation sites is 1. The third-order valence-corrected chi connectivity index (χ3v) is 3.76. The van der Waals surface area contributed by atoms with Gasteiger partial charge in [0.25, 0.3) is 0 Å². The Balaban J connectivity index is 2.77. The molecular weight excluding hydrogens is 244 g/mol. The highest BCUT2D eigenvalue weighted by Gasteiger charge is 2.15. The summed E-state index contributed by atoms with van der Waals surface area (Å²) in [5.74, 6) is 8.71. The normalized spacial score (nSPS) is 12.7. The molecule has 0 radical (unpaired) electrons. The smallest absolute Gasteiger partial charge is 0.124 e. The highest BCUT2D eigenvalue weighted by molar-refractivity contribution is 7.99. The predicted octanol–water partition coefficient (Wildman–Crippen LogP) is 3.12. The average molecular weight is 268 g/mol. The Morgan fingerprint density at radius 2 is 2.06 bits per heavy atom. The largest absolute Gasteiger partial charge is 0.491 e. The number of hydrogen-bond donors (Lipinski definition) is 2. The second kappa shape index (κ2) is 8.40. The molecule has 0 saturated carbocycles. The van der Waals surface area contributed by atoms with Crippen LogP contribution in [-0.4, -0.2) is 17.6 Å². The maximum Gasteiger partial charge on any atom is 0.124 e. The Morgan fingerprint density at radius 1 is 1.33 bits per heavy atom. The zero-order chi connectivity index (χ0) is 13.4. The van der Waals surface area contributed by atoms with Crippen molar-refractivity contribution in [1.82, 2.24) is 5.43 Å². The summed E-state index contributed by atoms with van der Waals surface area (Å²) in [6, 6.07) is 8.24. The molecule has 1 atom stereocenters. The van der Waals surface area contributed by atoms with Crippen LogP contribution in [0.1, 0.15) is 38.8 Å². The van der Waals surface area contributed by atoms with Crippen molar-refractivity contribution in [3.05, 3.63) is 29.8 Å². The fourth-order valence-corrected chi connectivity index (χ4v) is 2.67. The van der Waals surface area contributed by atoms with Gasteiger partial charge in [-0.1, -0.05) is 25.1 Å². The monoisotopic (exact) mass is 268 g/mol. The summed E-state index contributed by atoms with van der Waals surface area (Å²) in [5.41, 5.74) is 4.03. The van der Waals surface area contributed by atoms with E-state index in [9.17, 15) is 0 Å². The van der Waals surface area contributed by atoms with Crippen molar-refractivity contribution in [1.29, 1.82) is 0 Å². The standard InChI is InChI=1S/C14H24N2OS/c1-4-9-18-10-13(16-15)12-7-5-6-8-14(12)17-11(2)3/h5-8,11,13,16H,4,9-10,15H2,1-3H3. The van der Waals surface area contributed by atoms with Crippen LogP contribution in [0.2, 0.25) is 0 Å². The van der Waals surface area contributed by atoms with Crippen molar-refractivity contribution in [3.8, 4) is 5.75 Å². The van der Waals surface area contributed by atoms with Crippen molar-refractivity contribution >= 4 is 11.8 Å². The minimum Gasteiger partial charge on any atom is -0.491 e. The van der Waals surface area contributed by atoms with Crippen molar-refractivity contribution in [2.45, 2.75) is 39.3 Å². The first kappa shape index (κ1) is 15.3. The summed E-state index contributed by atoms with van der Waals surface area (Å²) in [6.07, 6.45) is 1.36. The molecule has 18 heavy (non-hydrogen) atoms. The Morgan fingerprint density at radius 3 is 2.67 bits per heavy atom. The van der Waals surface area contributed by atoms with Crippen molar-refractivity contribution in [2.24, 2.45) is 5.84 Å². The molecule has 0 heterocycles. The highest BCUT2D eigenvalue weighted by Crippen LogP contribution is 2.28. The Hall–Kier alpha value is -0.710. The molecule has 0 aliphatic carbocycles. The molecule has 0 saturated heterocycles. The molecule has 3 nitrogen and oxygen atoms in total. The van der Waals surface area contributed by atoms with Gasteiger partial charge in [0, 0.05) is 11.3 Å². The van der Waals surface area contributed by atoms with Crippen molar-refractivity contribution in [3.63, 3.8) is 0 Å². The van der Waals surface area contributed by atoms with Gasteiger partial charge in [-0.05, 0) is 32.1 Å². The average Bonchev–Trinajstić information content (AvgIpc) is 2.35. The maximum absolute atomic E-state index is 5.83. The third-order valence-electron chi connectivity index (χ3n) is 2.49. The van der Waals surface area contributed by atoms with Gasteiger partial charge in [-0.15, -0.1) is 0 Å². The molecule has 1 aromatic carbocycles. The molecule has 4 heteroatoms. The van der Waals surface area contributed by atoms with Crippen LogP contribution >= 0.6 is 11.8 Å². The van der Waals surface area contributed by atoms with E-state index < -0.39 is 0 Å². The van der Waals surface area contributed by atoms with Crippen molar-refractivity contribution in [2.75, 3.05) is 11.5 Å². The summed E-state index contributed by atoms with van der Waals surface area (Å²) in [4.78, 5) is 0. The Kier molecular flexibility index (Phi) is 7.16. The molecule has 1 rings (SSSR count). The van der Waals surface area contributed by atoms with Gasteiger partial charge in [0.05, 0.1) is 12.1 Å². The van der Waals surface area contributed by atoms with Crippen molar-refractivity contribution < 1.29 is 4.74 Å². The number of nitrogens with one attached hydrogen (secondary N) is 1. The first-order valence-corrected chi connectivity index (χ1v) is 7.64. The minimum atomic E-state index is 0.136. The molecule has 0 aliphatic heterocycles. The number of hydrazine groups is 1. The number of hydrogen-bond acceptors (Lipinski definition) is 4. The zero-order valence-corrected chi connectivity index (χ0v) is 12.3. The van der Waals surface area contributed by atoms with Crippen LogP contribution in [-0.2, 0) is 0 Å². The zero-order valence-electron chi connectivity index (χ0n) is 11.5. The summed E-state index contributed by atoms with van der Waals surface area (Å²) in [5, 5.41) is 0. The van der Waals surface area contributed by atoms with Gasteiger partial charge in [-0.3, -0.25) is 11.3 Å². The SMILES string of the molecule is CCCSCC(NN)c1ccccc1OC(C)C. The Bertz CT molecular complexity index is 344. The molecule has 0 aliphatic rings. The fourth-order valence-electron chi connectivity index (χ4n) is 1.70. The molecular formula is C14H24N2OS. The van der Waals surface area contributed by atoms with Crippen LogP contribution < -0.4 is 16.0 Å². The summed E-state index contributed by atoms with van der Waals surface area (Å²) >= 11 is 1.91. The molecule has 1 aromatic rings. The summed E-state index contributed by atoms with van der Waals surface area (Å²) < 4.78 is 5.83. The van der Waals surface area contributed by atoms with E-state index >= 15 is 0 Å². The van der Waals surface area contributed by atoms with E-state index in [4.69, 9.17) is 10.6 Å². The summed E-state index contributed by atoms with van der Waals surface area (Å²) in [7, 11) is 0. The lowest BCUT2D eigenvalue weighted by Crippen LogP contribution is -2.30. The Labute approximate surface area is 114 Å². The molecule has 102 valence electrons. The fraction of sp³-hybridized carbons (Fsp3) is 0.571. The first-order valence-electron chi connectivity index (χ1n) is 6.48. The molecule has 0 bridgehead atoms. The molecule has 3 N–H and O–H groups in total. The predicted molar refractivity (Wildman–Crippen MR) is 79.9 cm³/mol. The first-order chi connectivity index (χ1) is 8.69. The lowest BCUT2D eigenvalue weighted by Gasteiger charge is -2.21. The van der Waals surface area contributed by atoms with E-state index in [0.717, 1.165) is 22.8 Å². The number of rotatable bonds is 8. The topological polar surface area (TPSA) is 47.3 Å². The minimum absolute atomic E-state index is 0.136. The second-order valence-corrected chi connectivity index (χ2v) is 5.65. The van der Waals surface area contributed by atoms with Crippen LogP contribution in [0.25, 0.3) is 0 Å². The van der Waals surface area contributed by atoms with Gasteiger partial charge in [0.15, 0.2) is 0 Å². The quantitative estimate of drug-likeness (QED) is 0.432. The highest BCUT2D eigenvalue weighted by atomic mass is 32.2. The number of nitrogens with two attached hydrogens (primary N) is 1. The van der Waals surface area contributed by atoms with E-state index in [1.807, 2.05) is 43.8 Å². The lowest BCUT2D eigenvalue weighted by atomic mass is 10.1. The number of thioether (sulfide) groups is 1. The summed E-state index contributed by atoms with van der Waals surface area (Å²) in [6.45, 7) is 6.26. The van der Waals surface area contributed by atoms with Gasteiger partial charge >= 0.3 is 0 Å². The van der Waals surface area contributed by atoms with Crippen LogP contribution in [0.4, 0.5) is 0 Å². The van der Waals surface area contributed by atoms with E-state index in [0.29, 0.717) is 0 Å². The van der Waals surface area contributed by atoms with E-state index in [2.05, 4.69) is 18.4 Å². The van der Waals surface area contributed by atoms with Crippen LogP contribution in [0.3, 0.4) is 0 Å². The van der Waals surface area contributed by atoms with Gasteiger partial charge in [0.1, 0.15) is 5.75 Å². The lowest BCUT2D eigenvalue weighted by molar-refractivity contribution is 0.238. The number of benzene rings is 1. The van der Waals surface area contributed by atoms with Gasteiger partial charge in [0.2, 0.25) is 0 Å². The van der Waals surface area contributed by atoms with Gasteiger partial charge < -0.3 is 4.74 Å². The second-order valence-electron chi connectivity index (χ2n) is 4.50. The third kappa shape index (κ3) is 4.88. The molecule has 1 unspecified atom stereocenters. The molecule has 0 aromatic heterocycles. The molecule has 0 fully saturated rings. The van der Waals surface area contributed by atoms with Crippen LogP contribution in [0.15, 0.2) is 24.3 Å².